The second-order valence-corrected chi connectivity index (χ2v) is 6.53. The summed E-state index contributed by atoms with van der Waals surface area (Å²) in [4.78, 5) is 12.1. The largest absolute Gasteiger partial charge is 0.443 e. The van der Waals surface area contributed by atoms with Gasteiger partial charge >= 0.3 is 6.09 Å². The Balaban J connectivity index is 2.53. The zero-order valence-electron chi connectivity index (χ0n) is 10.3. The highest BCUT2D eigenvalue weighted by Crippen LogP contribution is 2.30. The predicted octanol–water partition coefficient (Wildman–Crippen LogP) is 4.68. The SMILES string of the molecule is CC(C)(C)OC(=O)n1cc(I)c2c(Cl)cccc21. The van der Waals surface area contributed by atoms with Gasteiger partial charge in [-0.3, -0.25) is 4.57 Å². The summed E-state index contributed by atoms with van der Waals surface area (Å²) in [5, 5.41) is 1.52. The molecule has 0 saturated carbocycles. The molecule has 2 aromatic rings. The van der Waals surface area contributed by atoms with Crippen molar-refractivity contribution < 1.29 is 9.53 Å². The van der Waals surface area contributed by atoms with E-state index >= 15 is 0 Å². The van der Waals surface area contributed by atoms with E-state index in [9.17, 15) is 4.79 Å². The smallest absolute Gasteiger partial charge is 0.419 e. The molecule has 0 amide bonds. The number of hydrogen-bond donors (Lipinski definition) is 0. The maximum atomic E-state index is 12.1. The molecule has 1 aromatic heterocycles. The van der Waals surface area contributed by atoms with Crippen LogP contribution in [0.25, 0.3) is 10.9 Å². The standard InChI is InChI=1S/C13H13ClINO2/c1-13(2,3)18-12(17)16-7-9(15)11-8(14)5-4-6-10(11)16/h4-7H,1-3H3. The molecule has 0 saturated heterocycles. The lowest BCUT2D eigenvalue weighted by atomic mass is 10.2. The average molecular weight is 378 g/mol. The van der Waals surface area contributed by atoms with Crippen LogP contribution in [0.2, 0.25) is 5.02 Å². The number of carbonyl (C=O) groups is 1. The molecule has 3 nitrogen and oxygen atoms in total. The zero-order valence-corrected chi connectivity index (χ0v) is 13.2. The van der Waals surface area contributed by atoms with Gasteiger partial charge in [0.15, 0.2) is 0 Å². The molecule has 0 atom stereocenters. The Morgan fingerprint density at radius 1 is 1.39 bits per heavy atom. The highest BCUT2D eigenvalue weighted by atomic mass is 127. The lowest BCUT2D eigenvalue weighted by molar-refractivity contribution is 0.0544. The van der Waals surface area contributed by atoms with Crippen LogP contribution in [0.5, 0.6) is 0 Å². The van der Waals surface area contributed by atoms with E-state index in [0.717, 1.165) is 14.5 Å². The van der Waals surface area contributed by atoms with Gasteiger partial charge in [-0.25, -0.2) is 4.79 Å². The Bertz CT molecular complexity index is 613. The molecule has 1 heterocycles. The zero-order chi connectivity index (χ0) is 13.5. The number of hydrogen-bond acceptors (Lipinski definition) is 2. The van der Waals surface area contributed by atoms with Crippen molar-refractivity contribution in [1.29, 1.82) is 0 Å². The lowest BCUT2D eigenvalue weighted by Crippen LogP contribution is -2.26. The van der Waals surface area contributed by atoms with Gasteiger partial charge in [0.05, 0.1) is 10.5 Å². The summed E-state index contributed by atoms with van der Waals surface area (Å²) in [7, 11) is 0. The number of rotatable bonds is 0. The molecule has 96 valence electrons. The van der Waals surface area contributed by atoms with Crippen LogP contribution >= 0.6 is 34.2 Å². The minimum atomic E-state index is -0.516. The third kappa shape index (κ3) is 2.64. The molecule has 0 radical (unpaired) electrons. The minimum absolute atomic E-state index is 0.391. The number of carbonyl (C=O) groups excluding carboxylic acids is 1. The predicted molar refractivity (Wildman–Crippen MR) is 81.3 cm³/mol. The van der Waals surface area contributed by atoms with Crippen molar-refractivity contribution in [2.75, 3.05) is 0 Å². The first-order valence-electron chi connectivity index (χ1n) is 5.48. The second-order valence-electron chi connectivity index (χ2n) is 4.96. The molecule has 0 aliphatic heterocycles. The quantitative estimate of drug-likeness (QED) is 0.624. The van der Waals surface area contributed by atoms with Gasteiger partial charge in [-0.05, 0) is 55.5 Å². The first-order chi connectivity index (χ1) is 8.29. The van der Waals surface area contributed by atoms with E-state index in [4.69, 9.17) is 16.3 Å². The van der Waals surface area contributed by atoms with Gasteiger partial charge in [-0.1, -0.05) is 17.7 Å². The fourth-order valence-electron chi connectivity index (χ4n) is 1.66. The van der Waals surface area contributed by atoms with Gasteiger partial charge in [0.1, 0.15) is 5.60 Å². The van der Waals surface area contributed by atoms with Crippen LogP contribution in [0.3, 0.4) is 0 Å². The first-order valence-corrected chi connectivity index (χ1v) is 6.94. The minimum Gasteiger partial charge on any atom is -0.443 e. The van der Waals surface area contributed by atoms with Crippen LogP contribution in [0.4, 0.5) is 4.79 Å². The summed E-state index contributed by atoms with van der Waals surface area (Å²) >= 11 is 8.31. The van der Waals surface area contributed by atoms with Crippen molar-refractivity contribution in [3.05, 3.63) is 33.0 Å². The molecule has 0 unspecified atom stereocenters. The Morgan fingerprint density at radius 3 is 2.67 bits per heavy atom. The maximum Gasteiger partial charge on any atom is 0.419 e. The third-order valence-corrected chi connectivity index (χ3v) is 3.46. The van der Waals surface area contributed by atoms with E-state index in [1.807, 2.05) is 39.0 Å². The highest BCUT2D eigenvalue weighted by molar-refractivity contribution is 14.1. The molecule has 0 aliphatic carbocycles. The molecule has 1 aromatic carbocycles. The molecule has 2 rings (SSSR count). The Kier molecular flexibility index (Phi) is 3.60. The molecular weight excluding hydrogens is 365 g/mol. The molecule has 0 spiro atoms. The van der Waals surface area contributed by atoms with Crippen LogP contribution in [-0.2, 0) is 4.74 Å². The van der Waals surface area contributed by atoms with E-state index in [1.54, 1.807) is 6.20 Å². The Labute approximate surface area is 124 Å². The van der Waals surface area contributed by atoms with Gasteiger partial charge in [-0.2, -0.15) is 0 Å². The topological polar surface area (TPSA) is 31.2 Å². The third-order valence-electron chi connectivity index (χ3n) is 2.32. The molecule has 0 aliphatic rings. The van der Waals surface area contributed by atoms with Crippen LogP contribution in [0.15, 0.2) is 24.4 Å². The normalized spacial score (nSPS) is 11.8. The number of fused-ring (bicyclic) bond motifs is 1. The fraction of sp³-hybridized carbons (Fsp3) is 0.308. The molecule has 18 heavy (non-hydrogen) atoms. The molecule has 0 bridgehead atoms. The molecule has 0 N–H and O–H groups in total. The van der Waals surface area contributed by atoms with Crippen LogP contribution in [0.1, 0.15) is 20.8 Å². The van der Waals surface area contributed by atoms with Crippen molar-refractivity contribution in [1.82, 2.24) is 4.57 Å². The summed E-state index contributed by atoms with van der Waals surface area (Å²) in [6, 6.07) is 5.49. The summed E-state index contributed by atoms with van der Waals surface area (Å²) in [5.74, 6) is 0. The number of halogens is 2. The van der Waals surface area contributed by atoms with E-state index in [1.165, 1.54) is 4.57 Å². The molecular formula is C13H13ClINO2. The first kappa shape index (κ1) is 13.7. The van der Waals surface area contributed by atoms with Gasteiger partial charge < -0.3 is 4.74 Å². The van der Waals surface area contributed by atoms with E-state index < -0.39 is 11.7 Å². The number of ether oxygens (including phenoxy) is 1. The maximum absolute atomic E-state index is 12.1. The van der Waals surface area contributed by atoms with Crippen molar-refractivity contribution in [2.24, 2.45) is 0 Å². The monoisotopic (exact) mass is 377 g/mol. The Hall–Kier alpha value is -0.750. The summed E-state index contributed by atoms with van der Waals surface area (Å²) in [6.07, 6.45) is 1.35. The Morgan fingerprint density at radius 2 is 2.06 bits per heavy atom. The van der Waals surface area contributed by atoms with E-state index in [0.29, 0.717) is 5.02 Å². The summed E-state index contributed by atoms with van der Waals surface area (Å²) in [5.41, 5.74) is 0.249. The van der Waals surface area contributed by atoms with Crippen LogP contribution < -0.4 is 0 Å². The van der Waals surface area contributed by atoms with Gasteiger partial charge in [0.2, 0.25) is 0 Å². The summed E-state index contributed by atoms with van der Waals surface area (Å²) < 4.78 is 7.79. The van der Waals surface area contributed by atoms with Gasteiger partial charge in [0, 0.05) is 15.2 Å². The van der Waals surface area contributed by atoms with Crippen molar-refractivity contribution in [3.8, 4) is 0 Å². The van der Waals surface area contributed by atoms with E-state index in [2.05, 4.69) is 22.6 Å². The average Bonchev–Trinajstić information content (AvgIpc) is 2.55. The van der Waals surface area contributed by atoms with Gasteiger partial charge in [0.25, 0.3) is 0 Å². The van der Waals surface area contributed by atoms with Crippen LogP contribution in [0, 0.1) is 3.57 Å². The molecule has 5 heteroatoms. The molecule has 0 fully saturated rings. The number of aromatic nitrogens is 1. The number of benzene rings is 1. The second kappa shape index (κ2) is 4.74. The van der Waals surface area contributed by atoms with Crippen molar-refractivity contribution >= 4 is 51.2 Å². The van der Waals surface area contributed by atoms with Crippen molar-refractivity contribution in [2.45, 2.75) is 26.4 Å². The lowest BCUT2D eigenvalue weighted by Gasteiger charge is -2.19. The number of nitrogens with zero attached hydrogens (tertiary/aromatic N) is 1. The highest BCUT2D eigenvalue weighted by Gasteiger charge is 2.20. The van der Waals surface area contributed by atoms with Crippen LogP contribution in [-0.4, -0.2) is 16.3 Å². The van der Waals surface area contributed by atoms with Crippen molar-refractivity contribution in [3.63, 3.8) is 0 Å². The summed E-state index contributed by atoms with van der Waals surface area (Å²) in [6.45, 7) is 5.53. The van der Waals surface area contributed by atoms with Gasteiger partial charge in [-0.15, -0.1) is 0 Å². The fourth-order valence-corrected chi connectivity index (χ4v) is 2.94. The van der Waals surface area contributed by atoms with E-state index in [-0.39, 0.29) is 0 Å².